The number of aliphatic hydroxyl groups excluding tert-OH is 2. The van der Waals surface area contributed by atoms with Crippen molar-refractivity contribution in [3.05, 3.63) is 12.2 Å². The lowest BCUT2D eigenvalue weighted by atomic mass is 9.93. The van der Waals surface area contributed by atoms with Crippen LogP contribution in [0.1, 0.15) is 44.2 Å². The van der Waals surface area contributed by atoms with Crippen LogP contribution in [0.5, 0.6) is 0 Å². The molecule has 0 aromatic carbocycles. The maximum Gasteiger partial charge on any atom is 0.410 e. The van der Waals surface area contributed by atoms with Crippen LogP contribution in [0.2, 0.25) is 0 Å². The normalized spacial score (nSPS) is 27.5. The molecule has 11 heteroatoms. The van der Waals surface area contributed by atoms with E-state index in [9.17, 15) is 15.0 Å². The van der Waals surface area contributed by atoms with E-state index in [2.05, 4.69) is 15.0 Å². The van der Waals surface area contributed by atoms with Gasteiger partial charge in [0.2, 0.25) is 0 Å². The molecular formula is C20H28N6O5. The van der Waals surface area contributed by atoms with Crippen molar-refractivity contribution in [1.29, 1.82) is 0 Å². The molecule has 0 spiro atoms. The molecule has 4 heterocycles. The number of amides is 1. The fraction of sp³-hybridized carbons (Fsp3) is 0.700. The first-order chi connectivity index (χ1) is 15.0. The van der Waals surface area contributed by atoms with Crippen molar-refractivity contribution in [2.75, 3.05) is 25.4 Å². The van der Waals surface area contributed by atoms with Gasteiger partial charge in [-0.2, -0.15) is 0 Å². The molecule has 1 aliphatic carbocycles. The van der Waals surface area contributed by atoms with Gasteiger partial charge in [0.1, 0.15) is 29.7 Å². The van der Waals surface area contributed by atoms with Gasteiger partial charge in [0.15, 0.2) is 17.7 Å². The molecule has 168 valence electrons. The number of aromatic nitrogens is 4. The van der Waals surface area contributed by atoms with Crippen LogP contribution in [0.25, 0.3) is 11.2 Å². The van der Waals surface area contributed by atoms with Crippen molar-refractivity contribution in [1.82, 2.24) is 24.4 Å². The van der Waals surface area contributed by atoms with E-state index in [0.717, 1.165) is 32.1 Å². The fourth-order valence-electron chi connectivity index (χ4n) is 4.38. The summed E-state index contributed by atoms with van der Waals surface area (Å²) in [5, 5.41) is 20.0. The van der Waals surface area contributed by atoms with Crippen LogP contribution < -0.4 is 5.73 Å². The number of anilines is 1. The molecule has 2 aliphatic heterocycles. The number of hydrogen-bond donors (Lipinski definition) is 3. The molecule has 3 fully saturated rings. The molecule has 2 aromatic heterocycles. The van der Waals surface area contributed by atoms with Gasteiger partial charge in [-0.15, -0.1) is 0 Å². The maximum absolute atomic E-state index is 12.2. The van der Waals surface area contributed by atoms with Crippen LogP contribution in [0.4, 0.5) is 10.6 Å². The molecule has 4 N–H and O–H groups in total. The summed E-state index contributed by atoms with van der Waals surface area (Å²) < 4.78 is 12.6. The van der Waals surface area contributed by atoms with Crippen LogP contribution in [-0.4, -0.2) is 78.7 Å². The van der Waals surface area contributed by atoms with Crippen molar-refractivity contribution in [2.24, 2.45) is 5.92 Å². The molecule has 2 saturated heterocycles. The van der Waals surface area contributed by atoms with E-state index in [0.29, 0.717) is 42.4 Å². The minimum Gasteiger partial charge on any atom is -0.446 e. The molecule has 1 amide bonds. The van der Waals surface area contributed by atoms with Crippen molar-refractivity contribution in [2.45, 2.75) is 63.1 Å². The number of carbonyl (C=O) groups excluding carboxylic acids is 1. The topological polar surface area (TPSA) is 149 Å². The van der Waals surface area contributed by atoms with Gasteiger partial charge in [-0.1, -0.05) is 0 Å². The highest BCUT2D eigenvalue weighted by Gasteiger charge is 2.37. The highest BCUT2D eigenvalue weighted by molar-refractivity contribution is 5.81. The summed E-state index contributed by atoms with van der Waals surface area (Å²) in [4.78, 5) is 27.3. The van der Waals surface area contributed by atoms with Crippen LogP contribution in [0, 0.1) is 5.92 Å². The first-order valence-corrected chi connectivity index (χ1v) is 10.9. The maximum atomic E-state index is 12.2. The smallest absolute Gasteiger partial charge is 0.410 e. The number of likely N-dealkylation sites (tertiary alicyclic amines) is 1. The lowest BCUT2D eigenvalue weighted by molar-refractivity contribution is -0.0163. The number of fused-ring (bicyclic) bond motifs is 1. The number of piperidine rings is 1. The zero-order valence-corrected chi connectivity index (χ0v) is 17.3. The Kier molecular flexibility index (Phi) is 5.40. The fourth-order valence-corrected chi connectivity index (χ4v) is 4.38. The van der Waals surface area contributed by atoms with Gasteiger partial charge in [-0.3, -0.25) is 4.57 Å². The Balaban J connectivity index is 1.25. The third-order valence-electron chi connectivity index (χ3n) is 6.56. The second-order valence-electron chi connectivity index (χ2n) is 8.70. The third kappa shape index (κ3) is 3.92. The van der Waals surface area contributed by atoms with Crippen molar-refractivity contribution in [3.8, 4) is 0 Å². The van der Waals surface area contributed by atoms with Gasteiger partial charge < -0.3 is 30.3 Å². The summed E-state index contributed by atoms with van der Waals surface area (Å²) in [6.45, 7) is 1.36. The molecular weight excluding hydrogens is 404 g/mol. The predicted octanol–water partition coefficient (Wildman–Crippen LogP) is 0.603. The quantitative estimate of drug-likeness (QED) is 0.631. The molecule has 3 aliphatic rings. The molecule has 2 unspecified atom stereocenters. The zero-order valence-electron chi connectivity index (χ0n) is 17.3. The number of rotatable bonds is 4. The van der Waals surface area contributed by atoms with Crippen LogP contribution in [-0.2, 0) is 15.9 Å². The Hall–Kier alpha value is -2.50. The summed E-state index contributed by atoms with van der Waals surface area (Å²) in [5.74, 6) is 1.19. The van der Waals surface area contributed by atoms with Crippen molar-refractivity contribution < 1.29 is 24.5 Å². The summed E-state index contributed by atoms with van der Waals surface area (Å²) in [7, 11) is 0. The van der Waals surface area contributed by atoms with E-state index in [4.69, 9.17) is 15.2 Å². The van der Waals surface area contributed by atoms with E-state index >= 15 is 0 Å². The Morgan fingerprint density at radius 3 is 2.65 bits per heavy atom. The Morgan fingerprint density at radius 2 is 2.00 bits per heavy atom. The highest BCUT2D eigenvalue weighted by Crippen LogP contribution is 2.29. The molecule has 0 radical (unpaired) electrons. The van der Waals surface area contributed by atoms with Crippen LogP contribution in [0.15, 0.2) is 6.33 Å². The minimum atomic E-state index is -1.07. The Morgan fingerprint density at radius 1 is 1.23 bits per heavy atom. The average molecular weight is 432 g/mol. The lowest BCUT2D eigenvalue weighted by Gasteiger charge is -2.34. The number of nitrogens with two attached hydrogens (primary N) is 1. The SMILES string of the molecule is Nc1nc(CC2CCN(C(=O)OC3CCC3)CC2)nc2c1ncn2[C@@H]1OCC(O)C1O. The second kappa shape index (κ2) is 8.21. The molecule has 0 bridgehead atoms. The number of aliphatic hydroxyl groups is 2. The Bertz CT molecular complexity index is 955. The third-order valence-corrected chi connectivity index (χ3v) is 6.56. The average Bonchev–Trinajstić information content (AvgIpc) is 3.29. The molecule has 5 rings (SSSR count). The van der Waals surface area contributed by atoms with E-state index in [1.165, 1.54) is 6.33 Å². The van der Waals surface area contributed by atoms with Crippen LogP contribution >= 0.6 is 0 Å². The second-order valence-corrected chi connectivity index (χ2v) is 8.70. The van der Waals surface area contributed by atoms with Gasteiger partial charge in [0, 0.05) is 19.5 Å². The number of carbonyl (C=O) groups is 1. The van der Waals surface area contributed by atoms with Gasteiger partial charge in [0.25, 0.3) is 0 Å². The summed E-state index contributed by atoms with van der Waals surface area (Å²) in [5.41, 5.74) is 7.03. The summed E-state index contributed by atoms with van der Waals surface area (Å²) >= 11 is 0. The lowest BCUT2D eigenvalue weighted by Crippen LogP contribution is -2.41. The standard InChI is InChI=1S/C20H28N6O5/c21-17-15-18(26(10-22-15)19-16(28)13(27)9-30-19)24-14(23-17)8-11-4-6-25(7-5-11)20(29)31-12-2-1-3-12/h10-13,16,19,27-28H,1-9H2,(H2,21,23,24)/t13?,16?,19-/m1/s1. The monoisotopic (exact) mass is 432 g/mol. The first-order valence-electron chi connectivity index (χ1n) is 10.9. The molecule has 31 heavy (non-hydrogen) atoms. The number of nitrogen functional groups attached to an aromatic ring is 1. The van der Waals surface area contributed by atoms with E-state index in [-0.39, 0.29) is 24.6 Å². The van der Waals surface area contributed by atoms with Gasteiger partial charge in [0.05, 0.1) is 12.9 Å². The largest absolute Gasteiger partial charge is 0.446 e. The number of imidazole rings is 1. The molecule has 1 saturated carbocycles. The zero-order chi connectivity index (χ0) is 21.5. The minimum absolute atomic E-state index is 0.0423. The van der Waals surface area contributed by atoms with Crippen LogP contribution in [0.3, 0.4) is 0 Å². The molecule has 3 atom stereocenters. The van der Waals surface area contributed by atoms with E-state index in [1.807, 2.05) is 0 Å². The van der Waals surface area contributed by atoms with E-state index < -0.39 is 18.4 Å². The molecule has 2 aromatic rings. The van der Waals surface area contributed by atoms with Crippen molar-refractivity contribution in [3.63, 3.8) is 0 Å². The number of nitrogens with zero attached hydrogens (tertiary/aromatic N) is 5. The number of hydrogen-bond acceptors (Lipinski definition) is 9. The molecule has 11 nitrogen and oxygen atoms in total. The van der Waals surface area contributed by atoms with Gasteiger partial charge in [-0.25, -0.2) is 19.7 Å². The predicted molar refractivity (Wildman–Crippen MR) is 109 cm³/mol. The highest BCUT2D eigenvalue weighted by atomic mass is 16.6. The number of ether oxygens (including phenoxy) is 2. The van der Waals surface area contributed by atoms with Gasteiger partial charge >= 0.3 is 6.09 Å². The summed E-state index contributed by atoms with van der Waals surface area (Å²) in [6, 6.07) is 0. The van der Waals surface area contributed by atoms with Gasteiger partial charge in [-0.05, 0) is 38.0 Å². The van der Waals surface area contributed by atoms with E-state index in [1.54, 1.807) is 9.47 Å². The summed E-state index contributed by atoms with van der Waals surface area (Å²) in [6.07, 6.45) is 4.00. The Labute approximate surface area is 179 Å². The van der Waals surface area contributed by atoms with Crippen molar-refractivity contribution >= 4 is 23.1 Å². The first kappa shape index (κ1) is 20.4.